The molecule has 0 amide bonds. The van der Waals surface area contributed by atoms with Gasteiger partial charge in [-0.3, -0.25) is 9.59 Å². The van der Waals surface area contributed by atoms with Crippen molar-refractivity contribution in [1.29, 1.82) is 0 Å². The maximum atomic E-state index is 12.6. The van der Waals surface area contributed by atoms with Gasteiger partial charge in [0, 0.05) is 6.42 Å². The zero-order valence-electron chi connectivity index (χ0n) is 17.5. The molecule has 2 aliphatic rings. The number of hydrogen-bond acceptors (Lipinski definition) is 6. The van der Waals surface area contributed by atoms with Gasteiger partial charge in [0.05, 0.1) is 42.4 Å². The summed E-state index contributed by atoms with van der Waals surface area (Å²) in [6, 6.07) is 0. The molecule has 0 spiro atoms. The first kappa shape index (κ1) is 23.1. The van der Waals surface area contributed by atoms with Crippen molar-refractivity contribution in [3.05, 3.63) is 0 Å². The van der Waals surface area contributed by atoms with Crippen LogP contribution in [-0.4, -0.2) is 58.8 Å². The molecule has 2 saturated heterocycles. The van der Waals surface area contributed by atoms with Crippen molar-refractivity contribution in [2.45, 2.75) is 109 Å². The summed E-state index contributed by atoms with van der Waals surface area (Å²) in [5, 5.41) is 18.6. The molecule has 0 saturated carbocycles. The Hall–Kier alpha value is -1.18. The molecule has 0 radical (unpaired) electrons. The molecule has 0 bridgehead atoms. The normalized spacial score (nSPS) is 31.9. The number of carbonyl (C=O) groups is 2. The monoisotopic (exact) mass is 400 g/mol. The van der Waals surface area contributed by atoms with Crippen LogP contribution in [-0.2, 0) is 23.8 Å². The van der Waals surface area contributed by atoms with E-state index in [0.717, 1.165) is 25.7 Å². The van der Waals surface area contributed by atoms with E-state index in [9.17, 15) is 14.7 Å². The first-order valence-electron chi connectivity index (χ1n) is 10.6. The van der Waals surface area contributed by atoms with Crippen LogP contribution in [0.1, 0.15) is 72.6 Å². The predicted molar refractivity (Wildman–Crippen MR) is 103 cm³/mol. The van der Waals surface area contributed by atoms with E-state index in [-0.39, 0.29) is 42.4 Å². The van der Waals surface area contributed by atoms with Crippen molar-refractivity contribution in [2.24, 2.45) is 11.8 Å². The van der Waals surface area contributed by atoms with Crippen LogP contribution in [0, 0.1) is 11.8 Å². The number of esters is 1. The Bertz CT molecular complexity index is 521. The molecule has 7 nitrogen and oxygen atoms in total. The highest BCUT2D eigenvalue weighted by molar-refractivity contribution is 5.73. The van der Waals surface area contributed by atoms with Crippen molar-refractivity contribution in [3.63, 3.8) is 0 Å². The molecule has 8 atom stereocenters. The number of ether oxygens (including phenoxy) is 3. The van der Waals surface area contributed by atoms with Gasteiger partial charge in [0.1, 0.15) is 6.10 Å². The second-order valence-electron chi connectivity index (χ2n) is 8.45. The van der Waals surface area contributed by atoms with E-state index >= 15 is 0 Å². The molecule has 0 aromatic rings. The van der Waals surface area contributed by atoms with E-state index in [4.69, 9.17) is 19.3 Å². The molecule has 0 aliphatic carbocycles. The summed E-state index contributed by atoms with van der Waals surface area (Å²) in [6.45, 7) is 7.22. The van der Waals surface area contributed by atoms with Gasteiger partial charge in [-0.05, 0) is 59.3 Å². The highest BCUT2D eigenvalue weighted by atomic mass is 16.6. The van der Waals surface area contributed by atoms with Gasteiger partial charge in [0.25, 0.3) is 0 Å². The van der Waals surface area contributed by atoms with Gasteiger partial charge in [-0.2, -0.15) is 0 Å². The van der Waals surface area contributed by atoms with Crippen LogP contribution in [0.4, 0.5) is 0 Å². The van der Waals surface area contributed by atoms with Crippen molar-refractivity contribution in [3.8, 4) is 0 Å². The lowest BCUT2D eigenvalue weighted by atomic mass is 10.0. The number of aliphatic hydroxyl groups excluding tert-OH is 1. The number of carbonyl (C=O) groups excluding carboxylic acids is 1. The summed E-state index contributed by atoms with van der Waals surface area (Å²) in [5.74, 6) is -1.98. The van der Waals surface area contributed by atoms with Crippen LogP contribution in [0.25, 0.3) is 0 Å². The minimum atomic E-state index is -0.844. The molecule has 2 aliphatic heterocycles. The topological polar surface area (TPSA) is 102 Å². The fraction of sp³-hybridized carbons (Fsp3) is 0.905. The fourth-order valence-corrected chi connectivity index (χ4v) is 4.10. The molecule has 28 heavy (non-hydrogen) atoms. The second-order valence-corrected chi connectivity index (χ2v) is 8.45. The lowest BCUT2D eigenvalue weighted by Gasteiger charge is -2.25. The van der Waals surface area contributed by atoms with Crippen LogP contribution in [0.2, 0.25) is 0 Å². The summed E-state index contributed by atoms with van der Waals surface area (Å²) < 4.78 is 17.5. The zero-order valence-corrected chi connectivity index (χ0v) is 17.5. The Labute approximate surface area is 167 Å². The number of carboxylic acids is 1. The van der Waals surface area contributed by atoms with E-state index < -0.39 is 18.0 Å². The number of hydrogen-bond donors (Lipinski definition) is 2. The van der Waals surface area contributed by atoms with Gasteiger partial charge < -0.3 is 24.4 Å². The van der Waals surface area contributed by atoms with Crippen molar-refractivity contribution in [1.82, 2.24) is 0 Å². The molecule has 2 N–H and O–H groups in total. The average molecular weight is 401 g/mol. The standard InChI is InChI=1S/C21H36O7/c1-5-15(11-17-7-8-18(27-17)13(3)20(23)24)28-21(25)14(4)19-9-6-16(26-19)10-12(2)22/h12-19,22H,5-11H2,1-4H3,(H,23,24). The number of aliphatic carboxylic acids is 1. The third-order valence-electron chi connectivity index (χ3n) is 6.03. The first-order valence-corrected chi connectivity index (χ1v) is 10.6. The van der Waals surface area contributed by atoms with Gasteiger partial charge in [-0.15, -0.1) is 0 Å². The Morgan fingerprint density at radius 1 is 0.964 bits per heavy atom. The third-order valence-corrected chi connectivity index (χ3v) is 6.03. The van der Waals surface area contributed by atoms with Crippen molar-refractivity contribution >= 4 is 11.9 Å². The van der Waals surface area contributed by atoms with Crippen LogP contribution < -0.4 is 0 Å². The summed E-state index contributed by atoms with van der Waals surface area (Å²) >= 11 is 0. The molecule has 2 rings (SSSR count). The molecule has 7 heteroatoms. The lowest BCUT2D eigenvalue weighted by Crippen LogP contribution is -2.32. The number of aliphatic hydroxyl groups is 1. The van der Waals surface area contributed by atoms with Crippen molar-refractivity contribution in [2.75, 3.05) is 0 Å². The molecule has 0 aromatic heterocycles. The van der Waals surface area contributed by atoms with E-state index in [1.54, 1.807) is 13.8 Å². The van der Waals surface area contributed by atoms with E-state index in [2.05, 4.69) is 0 Å². The second kappa shape index (κ2) is 10.6. The van der Waals surface area contributed by atoms with E-state index in [0.29, 0.717) is 19.3 Å². The van der Waals surface area contributed by atoms with Gasteiger partial charge in [-0.25, -0.2) is 0 Å². The Morgan fingerprint density at radius 2 is 1.50 bits per heavy atom. The average Bonchev–Trinajstić information content (AvgIpc) is 3.28. The van der Waals surface area contributed by atoms with E-state index in [1.807, 2.05) is 13.8 Å². The highest BCUT2D eigenvalue weighted by Crippen LogP contribution is 2.31. The molecule has 2 fully saturated rings. The van der Waals surface area contributed by atoms with Gasteiger partial charge in [0.15, 0.2) is 0 Å². The largest absolute Gasteiger partial charge is 0.481 e. The van der Waals surface area contributed by atoms with Gasteiger partial charge in [-0.1, -0.05) is 6.92 Å². The number of rotatable bonds is 10. The molecule has 2 heterocycles. The minimum absolute atomic E-state index is 0.00210. The Kier molecular flexibility index (Phi) is 8.71. The highest BCUT2D eigenvalue weighted by Gasteiger charge is 2.37. The summed E-state index contributed by atoms with van der Waals surface area (Å²) in [5.41, 5.74) is 0. The smallest absolute Gasteiger partial charge is 0.311 e. The Balaban J connectivity index is 1.79. The number of carboxylic acid groups (broad SMARTS) is 1. The van der Waals surface area contributed by atoms with E-state index in [1.165, 1.54) is 0 Å². The minimum Gasteiger partial charge on any atom is -0.481 e. The van der Waals surface area contributed by atoms with Crippen LogP contribution in [0.15, 0.2) is 0 Å². The quantitative estimate of drug-likeness (QED) is 0.544. The molecule has 162 valence electrons. The lowest BCUT2D eigenvalue weighted by molar-refractivity contribution is -0.160. The summed E-state index contributed by atoms with van der Waals surface area (Å²) in [7, 11) is 0. The van der Waals surface area contributed by atoms with Crippen LogP contribution in [0.3, 0.4) is 0 Å². The van der Waals surface area contributed by atoms with Crippen LogP contribution >= 0.6 is 0 Å². The predicted octanol–water partition coefficient (Wildman–Crippen LogP) is 2.92. The molecule has 0 aromatic carbocycles. The summed E-state index contributed by atoms with van der Waals surface area (Å²) in [6.07, 6.45) is 3.87. The summed E-state index contributed by atoms with van der Waals surface area (Å²) in [4.78, 5) is 23.7. The zero-order chi connectivity index (χ0) is 20.8. The van der Waals surface area contributed by atoms with Gasteiger partial charge in [0.2, 0.25) is 0 Å². The molecule has 8 unspecified atom stereocenters. The SMILES string of the molecule is CCC(CC1CCC(C(C)C(=O)O)O1)OC(=O)C(C)C1CCC(CC(C)O)O1. The van der Waals surface area contributed by atoms with Crippen molar-refractivity contribution < 1.29 is 34.0 Å². The van der Waals surface area contributed by atoms with Crippen LogP contribution in [0.5, 0.6) is 0 Å². The van der Waals surface area contributed by atoms with Gasteiger partial charge >= 0.3 is 11.9 Å². The third kappa shape index (κ3) is 6.42. The molecular formula is C21H36O7. The maximum absolute atomic E-state index is 12.6. The first-order chi connectivity index (χ1) is 13.2. The fourth-order valence-electron chi connectivity index (χ4n) is 4.10. The Morgan fingerprint density at radius 3 is 2.00 bits per heavy atom. The molecular weight excluding hydrogens is 364 g/mol. The maximum Gasteiger partial charge on any atom is 0.311 e.